The van der Waals surface area contributed by atoms with Gasteiger partial charge in [0.05, 0.1) is 14.7 Å². The molecule has 0 bridgehead atoms. The first kappa shape index (κ1) is 27.3. The molecule has 2 aromatic rings. The van der Waals surface area contributed by atoms with Gasteiger partial charge in [0, 0.05) is 31.6 Å². The smallest absolute Gasteiger partial charge is 0.303 e. The van der Waals surface area contributed by atoms with Crippen LogP contribution in [0.1, 0.15) is 42.0 Å². The second-order valence-electron chi connectivity index (χ2n) is 9.25. The third kappa shape index (κ3) is 7.84. The molecule has 0 aliphatic rings. The van der Waals surface area contributed by atoms with Gasteiger partial charge in [0.25, 0.3) is 0 Å². The number of halogens is 2. The molecule has 0 radical (unpaired) electrons. The zero-order valence-electron chi connectivity index (χ0n) is 19.9. The van der Waals surface area contributed by atoms with Gasteiger partial charge in [-0.15, -0.1) is 0 Å². The van der Waals surface area contributed by atoms with E-state index in [1.54, 1.807) is 31.4 Å². The minimum atomic E-state index is -2.26. The number of carbonyl (C=O) groups excluding carboxylic acids is 2. The summed E-state index contributed by atoms with van der Waals surface area (Å²) in [5.74, 6) is -3.27. The lowest BCUT2D eigenvalue weighted by molar-refractivity contribution is -0.137. The third-order valence-corrected chi connectivity index (χ3v) is 7.25. The normalized spacial score (nSPS) is 12.3. The number of rotatable bonds is 12. The van der Waals surface area contributed by atoms with Crippen LogP contribution < -0.4 is 10.5 Å². The van der Waals surface area contributed by atoms with Crippen LogP contribution >= 0.6 is 0 Å². The van der Waals surface area contributed by atoms with Crippen molar-refractivity contribution in [2.75, 3.05) is 7.11 Å². The predicted octanol–water partition coefficient (Wildman–Crippen LogP) is 3.88. The molecular weight excluding hydrogens is 460 g/mol. The lowest BCUT2D eigenvalue weighted by atomic mass is 9.96. The summed E-state index contributed by atoms with van der Waals surface area (Å²) in [6.45, 7) is 5.88. The fourth-order valence-corrected chi connectivity index (χ4v) is 5.28. The molecule has 0 aliphatic carbocycles. The SMILES string of the molecule is COCc1ccc([C@@H](NC(=O)CCCC(=O)O)C(=O)Cc2cc(F)c([Si](C)(C)C)c(F)c2)cc1. The Hall–Kier alpha value is -2.91. The monoisotopic (exact) mass is 491 g/mol. The average molecular weight is 492 g/mol. The van der Waals surface area contributed by atoms with Gasteiger partial charge in [-0.3, -0.25) is 14.4 Å². The van der Waals surface area contributed by atoms with E-state index in [1.165, 1.54) is 12.1 Å². The molecule has 6 nitrogen and oxygen atoms in total. The van der Waals surface area contributed by atoms with Gasteiger partial charge >= 0.3 is 5.97 Å². The summed E-state index contributed by atoms with van der Waals surface area (Å²) < 4.78 is 34.4. The molecule has 0 spiro atoms. The van der Waals surface area contributed by atoms with E-state index in [4.69, 9.17) is 9.84 Å². The number of benzene rings is 2. The minimum Gasteiger partial charge on any atom is -0.481 e. The number of hydrogen-bond acceptors (Lipinski definition) is 4. The quantitative estimate of drug-likeness (QED) is 0.440. The molecule has 0 fully saturated rings. The van der Waals surface area contributed by atoms with E-state index < -0.39 is 43.4 Å². The first-order chi connectivity index (χ1) is 15.9. The minimum absolute atomic E-state index is 0.0635. The van der Waals surface area contributed by atoms with Crippen LogP contribution in [0.3, 0.4) is 0 Å². The maximum atomic E-state index is 14.7. The Morgan fingerprint density at radius 1 is 1.00 bits per heavy atom. The maximum absolute atomic E-state index is 14.7. The molecule has 0 heterocycles. The van der Waals surface area contributed by atoms with Gasteiger partial charge in [0.15, 0.2) is 5.78 Å². The van der Waals surface area contributed by atoms with E-state index in [9.17, 15) is 23.2 Å². The van der Waals surface area contributed by atoms with Crippen molar-refractivity contribution in [2.24, 2.45) is 0 Å². The summed E-state index contributed by atoms with van der Waals surface area (Å²) in [4.78, 5) is 36.3. The van der Waals surface area contributed by atoms with Gasteiger partial charge in [0.1, 0.15) is 17.7 Å². The maximum Gasteiger partial charge on any atom is 0.303 e. The van der Waals surface area contributed by atoms with E-state index in [2.05, 4.69) is 5.32 Å². The molecule has 0 aromatic heterocycles. The molecule has 1 amide bonds. The second-order valence-corrected chi connectivity index (χ2v) is 14.2. The Bertz CT molecular complexity index is 1010. The van der Waals surface area contributed by atoms with Crippen LogP contribution in [0, 0.1) is 11.6 Å². The number of carbonyl (C=O) groups is 3. The van der Waals surface area contributed by atoms with E-state index in [1.807, 2.05) is 19.6 Å². The number of Topliss-reactive ketones (excluding diaryl/α,β-unsaturated/α-hetero) is 1. The molecule has 9 heteroatoms. The Balaban J connectivity index is 2.28. The van der Waals surface area contributed by atoms with Crippen LogP contribution in [0.4, 0.5) is 8.78 Å². The molecule has 0 saturated carbocycles. The number of carboxylic acids is 1. The fourth-order valence-electron chi connectivity index (χ4n) is 3.70. The van der Waals surface area contributed by atoms with E-state index in [0.717, 1.165) is 5.56 Å². The van der Waals surface area contributed by atoms with Crippen LogP contribution in [0.2, 0.25) is 19.6 Å². The molecule has 0 saturated heterocycles. The van der Waals surface area contributed by atoms with Gasteiger partial charge in [0.2, 0.25) is 5.91 Å². The number of aliphatic carboxylic acids is 1. The highest BCUT2D eigenvalue weighted by molar-refractivity contribution is 6.88. The van der Waals surface area contributed by atoms with E-state index >= 15 is 0 Å². The topological polar surface area (TPSA) is 92.7 Å². The predicted molar refractivity (Wildman–Crippen MR) is 128 cm³/mol. The Labute approximate surface area is 199 Å². The van der Waals surface area contributed by atoms with Crippen LogP contribution in [0.25, 0.3) is 0 Å². The Kier molecular flexibility index (Phi) is 9.63. The van der Waals surface area contributed by atoms with Crippen molar-refractivity contribution in [3.05, 3.63) is 64.7 Å². The first-order valence-corrected chi connectivity index (χ1v) is 14.5. The zero-order valence-corrected chi connectivity index (χ0v) is 20.9. The average Bonchev–Trinajstić information content (AvgIpc) is 2.71. The molecule has 2 N–H and O–H groups in total. The number of ether oxygens (including phenoxy) is 1. The highest BCUT2D eigenvalue weighted by Gasteiger charge is 2.27. The summed E-state index contributed by atoms with van der Waals surface area (Å²) in [7, 11) is -0.700. The van der Waals surface area contributed by atoms with Crippen LogP contribution in [0.15, 0.2) is 36.4 Å². The lowest BCUT2D eigenvalue weighted by Gasteiger charge is -2.21. The van der Waals surface area contributed by atoms with Crippen LogP contribution in [0.5, 0.6) is 0 Å². The van der Waals surface area contributed by atoms with Crippen LogP contribution in [-0.4, -0.2) is 37.9 Å². The molecular formula is C25H31F2NO5Si. The molecule has 2 aromatic carbocycles. The van der Waals surface area contributed by atoms with Crippen molar-refractivity contribution >= 4 is 30.9 Å². The second kappa shape index (κ2) is 12.0. The standard InChI is InChI=1S/C25H31F2NO5Si/c1-33-15-16-8-10-18(11-9-16)24(28-22(30)6-5-7-23(31)32)21(29)14-17-12-19(26)25(20(27)13-17)34(2,3)4/h8-13,24H,5-7,14-15H2,1-4H3,(H,28,30)(H,31,32)/t24-/m1/s1. The van der Waals surface area contributed by atoms with Gasteiger partial charge in [-0.1, -0.05) is 43.9 Å². The van der Waals surface area contributed by atoms with Crippen LogP contribution in [-0.2, 0) is 32.1 Å². The van der Waals surface area contributed by atoms with Crippen molar-refractivity contribution in [3.63, 3.8) is 0 Å². The number of ketones is 1. The van der Waals surface area contributed by atoms with Crippen molar-refractivity contribution in [3.8, 4) is 0 Å². The van der Waals surface area contributed by atoms with Gasteiger partial charge in [-0.25, -0.2) is 8.78 Å². The largest absolute Gasteiger partial charge is 0.481 e. The van der Waals surface area contributed by atoms with Gasteiger partial charge in [-0.2, -0.15) is 0 Å². The number of methoxy groups -OCH3 is 1. The summed E-state index contributed by atoms with van der Waals surface area (Å²) >= 11 is 0. The van der Waals surface area contributed by atoms with E-state index in [0.29, 0.717) is 12.2 Å². The summed E-state index contributed by atoms with van der Waals surface area (Å²) in [5.41, 5.74) is 1.57. The Morgan fingerprint density at radius 2 is 1.59 bits per heavy atom. The van der Waals surface area contributed by atoms with E-state index in [-0.39, 0.29) is 36.4 Å². The number of hydrogen-bond donors (Lipinski definition) is 2. The third-order valence-electron chi connectivity index (χ3n) is 5.28. The highest BCUT2D eigenvalue weighted by Crippen LogP contribution is 2.20. The lowest BCUT2D eigenvalue weighted by Crippen LogP contribution is -2.42. The fraction of sp³-hybridized carbons (Fsp3) is 0.400. The number of amides is 1. The summed E-state index contributed by atoms with van der Waals surface area (Å²) in [5, 5.41) is 11.5. The van der Waals surface area contributed by atoms with Gasteiger partial charge in [-0.05, 0) is 35.2 Å². The number of carboxylic acid groups (broad SMARTS) is 1. The molecule has 1 atom stereocenters. The zero-order chi connectivity index (χ0) is 25.5. The van der Waals surface area contributed by atoms with Crippen molar-refractivity contribution < 1.29 is 33.0 Å². The molecule has 0 unspecified atom stereocenters. The molecule has 2 rings (SSSR count). The van der Waals surface area contributed by atoms with Crippen molar-refractivity contribution in [1.29, 1.82) is 0 Å². The van der Waals surface area contributed by atoms with Gasteiger partial charge < -0.3 is 15.2 Å². The molecule has 184 valence electrons. The highest BCUT2D eigenvalue weighted by atomic mass is 28.3. The summed E-state index contributed by atoms with van der Waals surface area (Å²) in [6.07, 6.45) is -0.380. The van der Waals surface area contributed by atoms with Crippen molar-refractivity contribution in [1.82, 2.24) is 5.32 Å². The number of nitrogens with one attached hydrogen (secondary N) is 1. The summed E-state index contributed by atoms with van der Waals surface area (Å²) in [6, 6.07) is 8.21. The molecule has 0 aliphatic heterocycles. The first-order valence-electron chi connectivity index (χ1n) is 11.0. The van der Waals surface area contributed by atoms with Crippen molar-refractivity contribution in [2.45, 2.75) is 58.0 Å². The Morgan fingerprint density at radius 3 is 2.09 bits per heavy atom. The molecule has 34 heavy (non-hydrogen) atoms.